The molecule has 5 rings (SSSR count). The number of rotatable bonds is 9. The molecule has 3 aromatic rings. The molecule has 0 aliphatic carbocycles. The van der Waals surface area contributed by atoms with Crippen molar-refractivity contribution in [2.75, 3.05) is 19.6 Å². The highest BCUT2D eigenvalue weighted by Crippen LogP contribution is 2.30. The molecule has 1 saturated heterocycles. The third-order valence-corrected chi connectivity index (χ3v) is 8.89. The average molecular weight is 540 g/mol. The number of nitrogens with two attached hydrogens (primary N) is 1. The maximum Gasteiger partial charge on any atom is 0.123 e. The van der Waals surface area contributed by atoms with E-state index in [1.165, 1.54) is 58.2 Å². The fourth-order valence-corrected chi connectivity index (χ4v) is 6.32. The van der Waals surface area contributed by atoms with Gasteiger partial charge in [-0.15, -0.1) is 0 Å². The van der Waals surface area contributed by atoms with E-state index in [1.807, 2.05) is 12.1 Å². The predicted octanol–water partition coefficient (Wildman–Crippen LogP) is 7.67. The van der Waals surface area contributed by atoms with Gasteiger partial charge in [0.05, 0.1) is 0 Å². The van der Waals surface area contributed by atoms with Crippen LogP contribution < -0.4 is 5.73 Å². The number of likely N-dealkylation sites (tertiary alicyclic amines) is 1. The second kappa shape index (κ2) is 12.8. The standard InChI is InChI=1S/C36H46FN3/c1-27(9-10-28-17-20-39(21-18-28)25-30-6-4-8-34(22-30)36(2,3)38)32-14-13-31-7-5-19-40(26-33(31)23-32)24-29-11-15-35(37)16-12-29/h4,6,8,11-16,22-23,28H,1,5,7,9-10,17-21,24-26,38H2,2-3H3. The summed E-state index contributed by atoms with van der Waals surface area (Å²) < 4.78 is 13.3. The average Bonchev–Trinajstić information content (AvgIpc) is 3.14. The molecule has 0 spiro atoms. The van der Waals surface area contributed by atoms with Crippen molar-refractivity contribution in [1.82, 2.24) is 9.80 Å². The van der Waals surface area contributed by atoms with Crippen LogP contribution in [0, 0.1) is 11.7 Å². The van der Waals surface area contributed by atoms with Crippen molar-refractivity contribution in [2.24, 2.45) is 11.7 Å². The molecule has 2 aliphatic rings. The normalized spacial score (nSPS) is 17.4. The minimum Gasteiger partial charge on any atom is -0.322 e. The molecule has 40 heavy (non-hydrogen) atoms. The monoisotopic (exact) mass is 539 g/mol. The molecule has 2 heterocycles. The summed E-state index contributed by atoms with van der Waals surface area (Å²) in [4.78, 5) is 5.09. The number of benzene rings is 3. The topological polar surface area (TPSA) is 32.5 Å². The summed E-state index contributed by atoms with van der Waals surface area (Å²) in [5, 5.41) is 0. The van der Waals surface area contributed by atoms with E-state index in [0.717, 1.165) is 64.4 Å². The quantitative estimate of drug-likeness (QED) is 0.303. The Labute approximate surface area is 240 Å². The molecule has 0 unspecified atom stereocenters. The largest absolute Gasteiger partial charge is 0.322 e. The van der Waals surface area contributed by atoms with E-state index in [1.54, 1.807) is 12.1 Å². The third-order valence-electron chi connectivity index (χ3n) is 8.89. The SMILES string of the molecule is C=C(CCC1CCN(Cc2cccc(C(C)(C)N)c2)CC1)c1ccc2c(c1)CN(Cc1ccc(F)cc1)CCC2. The highest BCUT2D eigenvalue weighted by Gasteiger charge is 2.21. The Morgan fingerprint density at radius 1 is 0.900 bits per heavy atom. The summed E-state index contributed by atoms with van der Waals surface area (Å²) in [6.45, 7) is 14.9. The van der Waals surface area contributed by atoms with Gasteiger partial charge < -0.3 is 5.73 Å². The van der Waals surface area contributed by atoms with Crippen LogP contribution in [0.5, 0.6) is 0 Å². The van der Waals surface area contributed by atoms with E-state index in [2.05, 4.69) is 72.7 Å². The molecule has 0 radical (unpaired) electrons. The Balaban J connectivity index is 1.11. The fourth-order valence-electron chi connectivity index (χ4n) is 6.32. The van der Waals surface area contributed by atoms with Gasteiger partial charge >= 0.3 is 0 Å². The Morgan fingerprint density at radius 2 is 1.65 bits per heavy atom. The van der Waals surface area contributed by atoms with Gasteiger partial charge in [0.2, 0.25) is 0 Å². The molecule has 2 aliphatic heterocycles. The van der Waals surface area contributed by atoms with Gasteiger partial charge in [-0.2, -0.15) is 0 Å². The van der Waals surface area contributed by atoms with E-state index in [4.69, 9.17) is 5.73 Å². The number of allylic oxidation sites excluding steroid dienone is 1. The number of halogens is 1. The van der Waals surface area contributed by atoms with Crippen LogP contribution >= 0.6 is 0 Å². The summed E-state index contributed by atoms with van der Waals surface area (Å²) in [6.07, 6.45) is 7.09. The minimum absolute atomic E-state index is 0.170. The van der Waals surface area contributed by atoms with Gasteiger partial charge in [-0.3, -0.25) is 9.80 Å². The molecular formula is C36H46FN3. The summed E-state index contributed by atoms with van der Waals surface area (Å²) in [6, 6.07) is 22.7. The minimum atomic E-state index is -0.300. The lowest BCUT2D eigenvalue weighted by atomic mass is 9.88. The molecule has 1 fully saturated rings. The molecule has 0 saturated carbocycles. The summed E-state index contributed by atoms with van der Waals surface area (Å²) in [5.74, 6) is 0.603. The second-order valence-electron chi connectivity index (χ2n) is 12.7. The highest BCUT2D eigenvalue weighted by molar-refractivity contribution is 5.64. The molecule has 0 atom stereocenters. The van der Waals surface area contributed by atoms with Crippen molar-refractivity contribution in [3.05, 3.63) is 113 Å². The van der Waals surface area contributed by atoms with Crippen LogP contribution in [0.2, 0.25) is 0 Å². The Hall–Kier alpha value is -2.79. The molecule has 3 nitrogen and oxygen atoms in total. The zero-order valence-corrected chi connectivity index (χ0v) is 24.5. The van der Waals surface area contributed by atoms with Crippen molar-refractivity contribution in [1.29, 1.82) is 0 Å². The second-order valence-corrected chi connectivity index (χ2v) is 12.7. The van der Waals surface area contributed by atoms with Gasteiger partial charge in [-0.25, -0.2) is 4.39 Å². The summed E-state index contributed by atoms with van der Waals surface area (Å²) in [7, 11) is 0. The Bertz CT molecular complexity index is 1280. The van der Waals surface area contributed by atoms with Crippen molar-refractivity contribution >= 4 is 5.57 Å². The molecule has 3 aromatic carbocycles. The van der Waals surface area contributed by atoms with Crippen LogP contribution in [-0.2, 0) is 31.6 Å². The first kappa shape index (κ1) is 28.7. The van der Waals surface area contributed by atoms with Crippen LogP contribution in [-0.4, -0.2) is 29.4 Å². The lowest BCUT2D eigenvalue weighted by Gasteiger charge is -2.32. The summed E-state index contributed by atoms with van der Waals surface area (Å²) >= 11 is 0. The summed E-state index contributed by atoms with van der Waals surface area (Å²) in [5.41, 5.74) is 15.2. The third kappa shape index (κ3) is 7.69. The molecule has 0 bridgehead atoms. The van der Waals surface area contributed by atoms with E-state index in [0.29, 0.717) is 0 Å². The van der Waals surface area contributed by atoms with Gasteiger partial charge in [-0.05, 0) is 135 Å². The van der Waals surface area contributed by atoms with Crippen LogP contribution in [0.3, 0.4) is 0 Å². The van der Waals surface area contributed by atoms with Gasteiger partial charge in [0.15, 0.2) is 0 Å². The molecule has 0 amide bonds. The van der Waals surface area contributed by atoms with E-state index in [9.17, 15) is 4.39 Å². The first-order valence-electron chi connectivity index (χ1n) is 15.1. The van der Waals surface area contributed by atoms with E-state index in [-0.39, 0.29) is 11.4 Å². The fraction of sp³-hybridized carbons (Fsp3) is 0.444. The first-order chi connectivity index (χ1) is 19.2. The maximum absolute atomic E-state index is 13.3. The Morgan fingerprint density at radius 3 is 2.40 bits per heavy atom. The van der Waals surface area contributed by atoms with Crippen molar-refractivity contribution in [3.63, 3.8) is 0 Å². The van der Waals surface area contributed by atoms with Crippen LogP contribution in [0.15, 0.2) is 73.3 Å². The van der Waals surface area contributed by atoms with Crippen LogP contribution in [0.4, 0.5) is 4.39 Å². The maximum atomic E-state index is 13.3. The molecular weight excluding hydrogens is 493 g/mol. The molecule has 4 heteroatoms. The number of hydrogen-bond donors (Lipinski definition) is 1. The molecule has 212 valence electrons. The predicted molar refractivity (Wildman–Crippen MR) is 165 cm³/mol. The van der Waals surface area contributed by atoms with Crippen molar-refractivity contribution in [3.8, 4) is 0 Å². The number of fused-ring (bicyclic) bond motifs is 1. The van der Waals surface area contributed by atoms with Crippen molar-refractivity contribution < 1.29 is 4.39 Å². The lowest BCUT2D eigenvalue weighted by Crippen LogP contribution is -2.33. The number of aryl methyl sites for hydroxylation is 1. The van der Waals surface area contributed by atoms with Crippen LogP contribution in [0.1, 0.15) is 79.3 Å². The zero-order valence-electron chi connectivity index (χ0n) is 24.5. The van der Waals surface area contributed by atoms with Gasteiger partial charge in [0.25, 0.3) is 0 Å². The number of hydrogen-bond acceptors (Lipinski definition) is 3. The molecule has 0 aromatic heterocycles. The van der Waals surface area contributed by atoms with E-state index < -0.39 is 0 Å². The van der Waals surface area contributed by atoms with Gasteiger partial charge in [0, 0.05) is 25.2 Å². The van der Waals surface area contributed by atoms with Crippen LogP contribution in [0.25, 0.3) is 5.57 Å². The number of piperidine rings is 1. The number of nitrogens with zero attached hydrogens (tertiary/aromatic N) is 2. The van der Waals surface area contributed by atoms with Gasteiger partial charge in [-0.1, -0.05) is 55.1 Å². The highest BCUT2D eigenvalue weighted by atomic mass is 19.1. The van der Waals surface area contributed by atoms with Gasteiger partial charge in [0.1, 0.15) is 5.82 Å². The Kier molecular flexibility index (Phi) is 9.20. The van der Waals surface area contributed by atoms with E-state index >= 15 is 0 Å². The zero-order chi connectivity index (χ0) is 28.1. The smallest absolute Gasteiger partial charge is 0.123 e. The molecule has 2 N–H and O–H groups in total. The van der Waals surface area contributed by atoms with Crippen molar-refractivity contribution in [2.45, 2.75) is 77.5 Å². The lowest BCUT2D eigenvalue weighted by molar-refractivity contribution is 0.173. The first-order valence-corrected chi connectivity index (χ1v) is 15.1.